The Balaban J connectivity index is 1.35. The van der Waals surface area contributed by atoms with E-state index in [0.29, 0.717) is 48.4 Å². The first-order valence-corrected chi connectivity index (χ1v) is 11.6. The van der Waals surface area contributed by atoms with E-state index in [1.807, 2.05) is 0 Å². The van der Waals surface area contributed by atoms with E-state index in [1.165, 1.54) is 0 Å². The molecule has 2 aliphatic rings. The Kier molecular flexibility index (Phi) is 11.3. The van der Waals surface area contributed by atoms with Crippen LogP contribution in [-0.2, 0) is 33.3 Å². The molecule has 0 aromatic carbocycles. The molecule has 0 amide bonds. The van der Waals surface area contributed by atoms with Crippen molar-refractivity contribution in [1.82, 2.24) is 0 Å². The summed E-state index contributed by atoms with van der Waals surface area (Å²) in [6.07, 6.45) is 5.19. The van der Waals surface area contributed by atoms with Crippen LogP contribution >= 0.6 is 24.4 Å². The second-order valence-electron chi connectivity index (χ2n) is 6.97. The van der Waals surface area contributed by atoms with E-state index in [0.717, 1.165) is 19.3 Å². The van der Waals surface area contributed by atoms with Gasteiger partial charge >= 0.3 is 11.9 Å². The molecule has 28 heavy (non-hydrogen) atoms. The van der Waals surface area contributed by atoms with Gasteiger partial charge in [-0.1, -0.05) is 0 Å². The Morgan fingerprint density at radius 2 is 1.68 bits per heavy atom. The third-order valence-corrected chi connectivity index (χ3v) is 5.84. The summed E-state index contributed by atoms with van der Waals surface area (Å²) in [5.74, 6) is 1.62. The lowest BCUT2D eigenvalue weighted by atomic mass is 9.90. The molecular formula is C19H30O7S2. The number of epoxide rings is 1. The molecule has 1 saturated carbocycles. The van der Waals surface area contributed by atoms with E-state index in [4.69, 9.17) is 18.9 Å². The topological polar surface area (TPSA) is 91.4 Å². The lowest BCUT2D eigenvalue weighted by molar-refractivity contribution is -0.151. The fourth-order valence-electron chi connectivity index (χ4n) is 3.04. The summed E-state index contributed by atoms with van der Waals surface area (Å²) in [6, 6.07) is 0. The third kappa shape index (κ3) is 10.1. The molecule has 2 fully saturated rings. The SMILES string of the molecule is O=C(CCSCCC(=O)OCCOC(=O)CCS)COCC1CCC2OC2C1. The number of thioether (sulfide) groups is 1. The van der Waals surface area contributed by atoms with Gasteiger partial charge in [-0.3, -0.25) is 14.4 Å². The monoisotopic (exact) mass is 434 g/mol. The van der Waals surface area contributed by atoms with E-state index in [2.05, 4.69) is 12.6 Å². The summed E-state index contributed by atoms with van der Waals surface area (Å²) in [4.78, 5) is 34.5. The zero-order chi connectivity index (χ0) is 20.2. The van der Waals surface area contributed by atoms with Gasteiger partial charge in [-0.15, -0.1) is 0 Å². The molecule has 0 radical (unpaired) electrons. The van der Waals surface area contributed by atoms with Gasteiger partial charge in [-0.2, -0.15) is 24.4 Å². The van der Waals surface area contributed by atoms with Crippen LogP contribution in [0.1, 0.15) is 38.5 Å². The van der Waals surface area contributed by atoms with Crippen LogP contribution in [-0.4, -0.2) is 73.6 Å². The highest BCUT2D eigenvalue weighted by Crippen LogP contribution is 2.39. The maximum atomic E-state index is 11.8. The van der Waals surface area contributed by atoms with Crippen LogP contribution in [0, 0.1) is 5.92 Å². The average molecular weight is 435 g/mol. The molecule has 0 aromatic heterocycles. The van der Waals surface area contributed by atoms with E-state index < -0.39 is 0 Å². The second-order valence-corrected chi connectivity index (χ2v) is 8.64. The molecule has 2 rings (SSSR count). The minimum atomic E-state index is -0.348. The van der Waals surface area contributed by atoms with Crippen molar-refractivity contribution in [2.24, 2.45) is 5.92 Å². The summed E-state index contributed by atoms with van der Waals surface area (Å²) < 4.78 is 20.9. The van der Waals surface area contributed by atoms with E-state index in [-0.39, 0.29) is 50.4 Å². The number of esters is 2. The maximum Gasteiger partial charge on any atom is 0.306 e. The lowest BCUT2D eigenvalue weighted by Crippen LogP contribution is -2.20. The molecule has 0 spiro atoms. The van der Waals surface area contributed by atoms with Crippen molar-refractivity contribution in [3.05, 3.63) is 0 Å². The molecule has 3 atom stereocenters. The number of Topliss-reactive ketones (excluding diaryl/α,β-unsaturated/α-hetero) is 1. The molecule has 0 aromatic rings. The quantitative estimate of drug-likeness (QED) is 0.181. The zero-order valence-corrected chi connectivity index (χ0v) is 17.8. The predicted molar refractivity (Wildman–Crippen MR) is 109 cm³/mol. The zero-order valence-electron chi connectivity index (χ0n) is 16.1. The Morgan fingerprint density at radius 3 is 2.39 bits per heavy atom. The van der Waals surface area contributed by atoms with Gasteiger partial charge in [0.25, 0.3) is 0 Å². The first kappa shape index (κ1) is 23.5. The molecule has 0 N–H and O–H groups in total. The highest BCUT2D eigenvalue weighted by molar-refractivity contribution is 7.99. The molecule has 3 unspecified atom stereocenters. The standard InChI is InChI=1S/C19H30O7S2/c20-15(13-23-12-14-1-2-16-17(11-14)26-16)4-9-28-10-5-19(22)25-7-6-24-18(21)3-8-27/h14,16-17,27H,1-13H2. The molecular weight excluding hydrogens is 404 g/mol. The second kappa shape index (κ2) is 13.5. The van der Waals surface area contributed by atoms with Gasteiger partial charge in [0.2, 0.25) is 0 Å². The fraction of sp³-hybridized carbons (Fsp3) is 0.842. The Morgan fingerprint density at radius 1 is 0.964 bits per heavy atom. The molecule has 1 aliphatic heterocycles. The van der Waals surface area contributed by atoms with Crippen molar-refractivity contribution in [2.45, 2.75) is 50.7 Å². The number of ketones is 1. The molecule has 1 aliphatic carbocycles. The van der Waals surface area contributed by atoms with Gasteiger partial charge in [0.15, 0.2) is 5.78 Å². The molecule has 1 saturated heterocycles. The van der Waals surface area contributed by atoms with Crippen LogP contribution in [0.5, 0.6) is 0 Å². The predicted octanol–water partition coefficient (Wildman–Crippen LogP) is 2.06. The van der Waals surface area contributed by atoms with Gasteiger partial charge in [-0.25, -0.2) is 0 Å². The summed E-state index contributed by atoms with van der Waals surface area (Å²) in [6.45, 7) is 0.933. The highest BCUT2D eigenvalue weighted by Gasteiger charge is 2.43. The third-order valence-electron chi connectivity index (χ3n) is 4.63. The van der Waals surface area contributed by atoms with Gasteiger partial charge < -0.3 is 18.9 Å². The number of hydrogen-bond acceptors (Lipinski definition) is 9. The summed E-state index contributed by atoms with van der Waals surface area (Å²) in [5.41, 5.74) is 0. The van der Waals surface area contributed by atoms with Crippen LogP contribution in [0.25, 0.3) is 0 Å². The lowest BCUT2D eigenvalue weighted by Gasteiger charge is -2.18. The van der Waals surface area contributed by atoms with Crippen molar-refractivity contribution in [3.8, 4) is 0 Å². The van der Waals surface area contributed by atoms with E-state index in [1.54, 1.807) is 11.8 Å². The van der Waals surface area contributed by atoms with Gasteiger partial charge in [0.1, 0.15) is 19.8 Å². The average Bonchev–Trinajstić information content (AvgIpc) is 3.44. The highest BCUT2D eigenvalue weighted by atomic mass is 32.2. The van der Waals surface area contributed by atoms with Crippen LogP contribution in [0.15, 0.2) is 0 Å². The van der Waals surface area contributed by atoms with Crippen molar-refractivity contribution in [2.75, 3.05) is 43.7 Å². The number of fused-ring (bicyclic) bond motifs is 1. The molecule has 0 bridgehead atoms. The van der Waals surface area contributed by atoms with E-state index >= 15 is 0 Å². The van der Waals surface area contributed by atoms with Crippen LogP contribution in [0.3, 0.4) is 0 Å². The van der Waals surface area contributed by atoms with Crippen molar-refractivity contribution in [1.29, 1.82) is 0 Å². The van der Waals surface area contributed by atoms with Crippen LogP contribution in [0.4, 0.5) is 0 Å². The van der Waals surface area contributed by atoms with Crippen LogP contribution < -0.4 is 0 Å². The Bertz CT molecular complexity index is 515. The molecule has 1 heterocycles. The van der Waals surface area contributed by atoms with E-state index in [9.17, 15) is 14.4 Å². The van der Waals surface area contributed by atoms with Crippen molar-refractivity contribution >= 4 is 42.1 Å². The normalized spacial score (nSPS) is 23.0. The van der Waals surface area contributed by atoms with Crippen molar-refractivity contribution in [3.63, 3.8) is 0 Å². The van der Waals surface area contributed by atoms with Gasteiger partial charge in [0, 0.05) is 23.7 Å². The fourth-order valence-corrected chi connectivity index (χ4v) is 4.11. The minimum absolute atomic E-state index is 0.0617. The summed E-state index contributed by atoms with van der Waals surface area (Å²) >= 11 is 5.47. The van der Waals surface area contributed by atoms with Gasteiger partial charge in [-0.05, 0) is 25.2 Å². The molecule has 9 heteroatoms. The Hall–Kier alpha value is -0.770. The number of ether oxygens (including phenoxy) is 4. The number of hydrogen-bond donors (Lipinski definition) is 1. The number of carbonyl (C=O) groups is 3. The molecule has 7 nitrogen and oxygen atoms in total. The number of carbonyl (C=O) groups excluding carboxylic acids is 3. The first-order chi connectivity index (χ1) is 13.6. The van der Waals surface area contributed by atoms with Gasteiger partial charge in [0.05, 0.1) is 31.7 Å². The van der Waals surface area contributed by atoms with Crippen molar-refractivity contribution < 1.29 is 33.3 Å². The minimum Gasteiger partial charge on any atom is -0.462 e. The molecule has 160 valence electrons. The largest absolute Gasteiger partial charge is 0.462 e. The smallest absolute Gasteiger partial charge is 0.306 e. The first-order valence-electron chi connectivity index (χ1n) is 9.83. The van der Waals surface area contributed by atoms with Crippen LogP contribution in [0.2, 0.25) is 0 Å². The summed E-state index contributed by atoms with van der Waals surface area (Å²) in [5, 5.41) is 0. The maximum absolute atomic E-state index is 11.8. The summed E-state index contributed by atoms with van der Waals surface area (Å²) in [7, 11) is 0. The Labute approximate surface area is 176 Å². The number of thiol groups is 1. The number of rotatable bonds is 15.